The highest BCUT2D eigenvalue weighted by Gasteiger charge is 2.15. The Kier molecular flexibility index (Phi) is 4.69. The largest absolute Gasteiger partial charge is 0.262 e. The first-order chi connectivity index (χ1) is 9.90. The van der Waals surface area contributed by atoms with E-state index in [2.05, 4.69) is 20.2 Å². The van der Waals surface area contributed by atoms with Gasteiger partial charge in [0.2, 0.25) is 5.16 Å². The molecule has 0 radical (unpaired) electrons. The third-order valence-corrected chi connectivity index (χ3v) is 4.73. The minimum atomic E-state index is 0.820. The van der Waals surface area contributed by atoms with Gasteiger partial charge < -0.3 is 0 Å². The van der Waals surface area contributed by atoms with Crippen LogP contribution in [0.25, 0.3) is 0 Å². The predicted molar refractivity (Wildman–Crippen MR) is 80.5 cm³/mol. The average molecular weight is 288 g/mol. The van der Waals surface area contributed by atoms with Gasteiger partial charge in [0.05, 0.1) is 5.69 Å². The van der Waals surface area contributed by atoms with Crippen molar-refractivity contribution in [2.75, 3.05) is 0 Å². The van der Waals surface area contributed by atoms with Gasteiger partial charge in [0.15, 0.2) is 0 Å². The molecule has 1 saturated carbocycles. The Balaban J connectivity index is 1.46. The molecular weight excluding hydrogens is 268 g/mol. The van der Waals surface area contributed by atoms with E-state index < -0.39 is 0 Å². The van der Waals surface area contributed by atoms with Crippen molar-refractivity contribution in [2.45, 2.75) is 49.4 Å². The van der Waals surface area contributed by atoms with Crippen molar-refractivity contribution in [3.05, 3.63) is 35.9 Å². The van der Waals surface area contributed by atoms with E-state index in [1.807, 2.05) is 24.4 Å². The molecule has 0 bridgehead atoms. The normalized spacial score (nSPS) is 15.8. The summed E-state index contributed by atoms with van der Waals surface area (Å²) in [6.45, 7) is 0. The van der Waals surface area contributed by atoms with Crippen molar-refractivity contribution in [1.29, 1.82) is 0 Å². The number of H-pyrrole nitrogens is 1. The zero-order chi connectivity index (χ0) is 13.6. The highest BCUT2D eigenvalue weighted by atomic mass is 32.2. The summed E-state index contributed by atoms with van der Waals surface area (Å²) in [4.78, 5) is 8.86. The quantitative estimate of drug-likeness (QED) is 0.825. The molecule has 1 fully saturated rings. The minimum Gasteiger partial charge on any atom is -0.262 e. The van der Waals surface area contributed by atoms with Crippen LogP contribution < -0.4 is 0 Å². The molecule has 0 saturated heterocycles. The summed E-state index contributed by atoms with van der Waals surface area (Å²) in [6, 6.07) is 5.97. The van der Waals surface area contributed by atoms with E-state index in [-0.39, 0.29) is 0 Å². The molecule has 1 aliphatic carbocycles. The molecule has 106 valence electrons. The van der Waals surface area contributed by atoms with Crippen molar-refractivity contribution < 1.29 is 0 Å². The molecule has 5 heteroatoms. The van der Waals surface area contributed by atoms with Gasteiger partial charge in [0.1, 0.15) is 5.82 Å². The van der Waals surface area contributed by atoms with Crippen molar-refractivity contribution >= 4 is 11.8 Å². The summed E-state index contributed by atoms with van der Waals surface area (Å²) < 4.78 is 0. The maximum atomic E-state index is 4.55. The van der Waals surface area contributed by atoms with Crippen LogP contribution in [0.5, 0.6) is 0 Å². The molecule has 0 aliphatic heterocycles. The Labute approximate surface area is 123 Å². The smallest absolute Gasteiger partial charge is 0.208 e. The predicted octanol–water partition coefficient (Wildman–Crippen LogP) is 3.61. The molecule has 0 unspecified atom stereocenters. The zero-order valence-electron chi connectivity index (χ0n) is 11.6. The summed E-state index contributed by atoms with van der Waals surface area (Å²) in [5.41, 5.74) is 1.06. The van der Waals surface area contributed by atoms with Gasteiger partial charge in [-0.05, 0) is 24.5 Å². The Bertz CT molecular complexity index is 520. The maximum Gasteiger partial charge on any atom is 0.208 e. The van der Waals surface area contributed by atoms with Crippen LogP contribution in [0, 0.1) is 5.92 Å². The number of aromatic nitrogens is 4. The lowest BCUT2D eigenvalue weighted by Crippen LogP contribution is -1.97. The number of rotatable bonds is 6. The number of aromatic amines is 1. The summed E-state index contributed by atoms with van der Waals surface area (Å²) >= 11 is 1.64. The fourth-order valence-corrected chi connectivity index (χ4v) is 3.45. The van der Waals surface area contributed by atoms with Crippen LogP contribution in [0.3, 0.4) is 0 Å². The Hall–Kier alpha value is -1.36. The van der Waals surface area contributed by atoms with Gasteiger partial charge in [0.25, 0.3) is 0 Å². The molecule has 0 amide bonds. The first-order valence-corrected chi connectivity index (χ1v) is 8.33. The first-order valence-electron chi connectivity index (χ1n) is 7.34. The van der Waals surface area contributed by atoms with Gasteiger partial charge in [-0.1, -0.05) is 43.5 Å². The minimum absolute atomic E-state index is 0.820. The molecule has 3 rings (SSSR count). The van der Waals surface area contributed by atoms with Gasteiger partial charge in [0, 0.05) is 18.4 Å². The molecule has 2 aromatic rings. The summed E-state index contributed by atoms with van der Waals surface area (Å²) in [5, 5.41) is 8.17. The Morgan fingerprint density at radius 2 is 2.15 bits per heavy atom. The standard InChI is InChI=1S/C15H20N4S/c1-2-6-12(5-1)8-9-14-17-15(19-18-14)20-11-13-7-3-4-10-16-13/h3-4,7,10,12H,1-2,5-6,8-9,11H2,(H,17,18,19). The van der Waals surface area contributed by atoms with Crippen molar-refractivity contribution in [2.24, 2.45) is 5.92 Å². The van der Waals surface area contributed by atoms with E-state index in [4.69, 9.17) is 0 Å². The zero-order valence-corrected chi connectivity index (χ0v) is 12.4. The van der Waals surface area contributed by atoms with E-state index in [0.29, 0.717) is 0 Å². The molecule has 0 spiro atoms. The van der Waals surface area contributed by atoms with Crippen LogP contribution in [0.4, 0.5) is 0 Å². The van der Waals surface area contributed by atoms with Crippen LogP contribution in [0.1, 0.15) is 43.6 Å². The molecule has 4 nitrogen and oxygen atoms in total. The number of hydrogen-bond donors (Lipinski definition) is 1. The second-order valence-electron chi connectivity index (χ2n) is 5.36. The lowest BCUT2D eigenvalue weighted by molar-refractivity contribution is 0.497. The van der Waals surface area contributed by atoms with Crippen LogP contribution in [-0.2, 0) is 12.2 Å². The van der Waals surface area contributed by atoms with Crippen LogP contribution in [0.2, 0.25) is 0 Å². The van der Waals surface area contributed by atoms with E-state index in [0.717, 1.165) is 34.8 Å². The van der Waals surface area contributed by atoms with Crippen molar-refractivity contribution in [1.82, 2.24) is 20.2 Å². The fraction of sp³-hybridized carbons (Fsp3) is 0.533. The van der Waals surface area contributed by atoms with Gasteiger partial charge in [-0.15, -0.1) is 5.10 Å². The van der Waals surface area contributed by atoms with Crippen LogP contribution >= 0.6 is 11.8 Å². The number of hydrogen-bond acceptors (Lipinski definition) is 4. The van der Waals surface area contributed by atoms with E-state index in [1.54, 1.807) is 11.8 Å². The van der Waals surface area contributed by atoms with E-state index in [9.17, 15) is 0 Å². The summed E-state index contributed by atoms with van der Waals surface area (Å²) in [5.74, 6) is 2.76. The molecular formula is C15H20N4S. The fourth-order valence-electron chi connectivity index (χ4n) is 2.72. The summed E-state index contributed by atoms with van der Waals surface area (Å²) in [6.07, 6.45) is 9.71. The topological polar surface area (TPSA) is 54.5 Å². The molecule has 1 N–H and O–H groups in total. The van der Waals surface area contributed by atoms with E-state index >= 15 is 0 Å². The summed E-state index contributed by atoms with van der Waals surface area (Å²) in [7, 11) is 0. The molecule has 0 aromatic carbocycles. The monoisotopic (exact) mass is 288 g/mol. The molecule has 2 aromatic heterocycles. The number of thioether (sulfide) groups is 1. The lowest BCUT2D eigenvalue weighted by Gasteiger charge is -2.05. The molecule has 1 aliphatic rings. The first kappa shape index (κ1) is 13.6. The van der Waals surface area contributed by atoms with Crippen molar-refractivity contribution in [3.8, 4) is 0 Å². The van der Waals surface area contributed by atoms with Gasteiger partial charge in [-0.3, -0.25) is 10.1 Å². The molecule has 0 atom stereocenters. The maximum absolute atomic E-state index is 4.55. The Morgan fingerprint density at radius 1 is 1.25 bits per heavy atom. The average Bonchev–Trinajstić information content (AvgIpc) is 3.16. The SMILES string of the molecule is c1ccc(CSc2n[nH]c(CCC3CCCC3)n2)nc1. The van der Waals surface area contributed by atoms with Crippen molar-refractivity contribution in [3.63, 3.8) is 0 Å². The number of nitrogens with zero attached hydrogens (tertiary/aromatic N) is 3. The van der Waals surface area contributed by atoms with Crippen LogP contribution in [-0.4, -0.2) is 20.2 Å². The third kappa shape index (κ3) is 3.82. The molecule has 20 heavy (non-hydrogen) atoms. The number of nitrogens with one attached hydrogen (secondary N) is 1. The number of pyridine rings is 1. The third-order valence-electron chi connectivity index (χ3n) is 3.85. The number of aryl methyl sites for hydroxylation is 1. The Morgan fingerprint density at radius 3 is 2.95 bits per heavy atom. The van der Waals surface area contributed by atoms with Gasteiger partial charge in [-0.2, -0.15) is 0 Å². The second kappa shape index (κ2) is 6.88. The van der Waals surface area contributed by atoms with E-state index in [1.165, 1.54) is 32.1 Å². The molecule has 2 heterocycles. The lowest BCUT2D eigenvalue weighted by atomic mass is 10.0. The highest BCUT2D eigenvalue weighted by Crippen LogP contribution is 2.28. The van der Waals surface area contributed by atoms with Gasteiger partial charge in [-0.25, -0.2) is 4.98 Å². The van der Waals surface area contributed by atoms with Crippen LogP contribution in [0.15, 0.2) is 29.6 Å². The highest BCUT2D eigenvalue weighted by molar-refractivity contribution is 7.98. The van der Waals surface area contributed by atoms with Gasteiger partial charge >= 0.3 is 0 Å². The second-order valence-corrected chi connectivity index (χ2v) is 6.31.